The van der Waals surface area contributed by atoms with E-state index in [2.05, 4.69) is 0 Å². The van der Waals surface area contributed by atoms with Gasteiger partial charge in [-0.15, -0.1) is 0 Å². The number of nitriles is 1. The van der Waals surface area contributed by atoms with Crippen molar-refractivity contribution in [2.24, 2.45) is 5.92 Å². The van der Waals surface area contributed by atoms with Crippen LogP contribution in [-0.2, 0) is 4.79 Å². The van der Waals surface area contributed by atoms with Crippen LogP contribution in [0.2, 0.25) is 0 Å². The molecule has 0 aliphatic carbocycles. The van der Waals surface area contributed by atoms with Gasteiger partial charge in [0.15, 0.2) is 0 Å². The lowest BCUT2D eigenvalue weighted by molar-refractivity contribution is -0.137. The van der Waals surface area contributed by atoms with E-state index in [0.717, 1.165) is 19.5 Å². The minimum absolute atomic E-state index is 0.0150. The van der Waals surface area contributed by atoms with Crippen molar-refractivity contribution in [3.05, 3.63) is 0 Å². The van der Waals surface area contributed by atoms with Crippen LogP contribution in [0.4, 0.5) is 0 Å². The first-order chi connectivity index (χ1) is 5.29. The van der Waals surface area contributed by atoms with Crippen molar-refractivity contribution in [3.63, 3.8) is 0 Å². The molecule has 1 saturated heterocycles. The Balaban J connectivity index is 2.45. The van der Waals surface area contributed by atoms with Gasteiger partial charge in [0.25, 0.3) is 0 Å². The van der Waals surface area contributed by atoms with Gasteiger partial charge in [-0.25, -0.2) is 0 Å². The van der Waals surface area contributed by atoms with Crippen LogP contribution in [0.25, 0.3) is 0 Å². The molecule has 60 valence electrons. The molecular formula is C8H12N2O. The molecule has 1 atom stereocenters. The van der Waals surface area contributed by atoms with Gasteiger partial charge < -0.3 is 4.90 Å². The van der Waals surface area contributed by atoms with E-state index in [4.69, 9.17) is 5.26 Å². The van der Waals surface area contributed by atoms with Gasteiger partial charge in [0.2, 0.25) is 5.91 Å². The maximum Gasteiger partial charge on any atom is 0.239 e. The molecule has 1 aliphatic rings. The van der Waals surface area contributed by atoms with Gasteiger partial charge in [0, 0.05) is 13.1 Å². The first-order valence-electron chi connectivity index (χ1n) is 3.98. The van der Waals surface area contributed by atoms with Crippen LogP contribution < -0.4 is 0 Å². The second kappa shape index (κ2) is 3.38. The number of hydrogen-bond acceptors (Lipinski definition) is 2. The molecule has 0 radical (unpaired) electrons. The Kier molecular flexibility index (Phi) is 2.48. The molecule has 0 aromatic rings. The summed E-state index contributed by atoms with van der Waals surface area (Å²) in [6, 6.07) is 2.01. The molecule has 3 nitrogen and oxygen atoms in total. The zero-order valence-corrected chi connectivity index (χ0v) is 6.71. The maximum absolute atomic E-state index is 11.3. The molecule has 0 aromatic carbocycles. The van der Waals surface area contributed by atoms with Crippen LogP contribution in [0.1, 0.15) is 19.8 Å². The fourth-order valence-corrected chi connectivity index (χ4v) is 1.08. The predicted molar refractivity (Wildman–Crippen MR) is 40.6 cm³/mol. The Hall–Kier alpha value is -1.04. The van der Waals surface area contributed by atoms with Crippen molar-refractivity contribution in [2.45, 2.75) is 19.8 Å². The van der Waals surface area contributed by atoms with Crippen LogP contribution in [0.5, 0.6) is 0 Å². The standard InChI is InChI=1S/C8H12N2O/c1-2-7(6-9)8(11)10-4-3-5-10/h7H,2-5H2,1H3. The lowest BCUT2D eigenvalue weighted by Crippen LogP contribution is -2.44. The molecule has 3 heteroatoms. The van der Waals surface area contributed by atoms with E-state index in [0.29, 0.717) is 6.42 Å². The number of carbonyl (C=O) groups excluding carboxylic acids is 1. The summed E-state index contributed by atoms with van der Waals surface area (Å²) in [6.07, 6.45) is 1.72. The molecule has 1 unspecified atom stereocenters. The van der Waals surface area contributed by atoms with Gasteiger partial charge in [-0.1, -0.05) is 6.92 Å². The normalized spacial score (nSPS) is 18.4. The fourth-order valence-electron chi connectivity index (χ4n) is 1.08. The van der Waals surface area contributed by atoms with Crippen LogP contribution in [0.3, 0.4) is 0 Å². The quantitative estimate of drug-likeness (QED) is 0.586. The number of carbonyl (C=O) groups is 1. The zero-order valence-electron chi connectivity index (χ0n) is 6.71. The van der Waals surface area contributed by atoms with E-state index in [1.54, 1.807) is 4.90 Å². The van der Waals surface area contributed by atoms with Crippen LogP contribution in [0.15, 0.2) is 0 Å². The van der Waals surface area contributed by atoms with Gasteiger partial charge in [-0.2, -0.15) is 5.26 Å². The summed E-state index contributed by atoms with van der Waals surface area (Å²) < 4.78 is 0. The summed E-state index contributed by atoms with van der Waals surface area (Å²) in [4.78, 5) is 13.0. The molecule has 11 heavy (non-hydrogen) atoms. The predicted octanol–water partition coefficient (Wildman–Crippen LogP) is 0.768. The van der Waals surface area contributed by atoms with E-state index < -0.39 is 5.92 Å². The maximum atomic E-state index is 11.3. The van der Waals surface area contributed by atoms with Crippen molar-refractivity contribution >= 4 is 5.91 Å². The molecule has 1 rings (SSSR count). The van der Waals surface area contributed by atoms with Gasteiger partial charge in [-0.05, 0) is 12.8 Å². The molecule has 0 aromatic heterocycles. The minimum Gasteiger partial charge on any atom is -0.341 e. The molecule has 1 heterocycles. The summed E-state index contributed by atoms with van der Waals surface area (Å²) in [7, 11) is 0. The molecule has 0 bridgehead atoms. The Labute approximate surface area is 66.6 Å². The highest BCUT2D eigenvalue weighted by atomic mass is 16.2. The summed E-state index contributed by atoms with van der Waals surface area (Å²) in [5, 5.41) is 8.57. The average molecular weight is 152 g/mol. The second-order valence-electron chi connectivity index (χ2n) is 2.77. The van der Waals surface area contributed by atoms with Crippen molar-refractivity contribution in [1.82, 2.24) is 4.90 Å². The summed E-state index contributed by atoms with van der Waals surface area (Å²) in [6.45, 7) is 3.56. The average Bonchev–Trinajstić information content (AvgIpc) is 1.86. The Morgan fingerprint density at radius 2 is 2.36 bits per heavy atom. The van der Waals surface area contributed by atoms with E-state index in [9.17, 15) is 4.79 Å². The smallest absolute Gasteiger partial charge is 0.239 e. The fraction of sp³-hybridized carbons (Fsp3) is 0.750. The third-order valence-corrected chi connectivity index (χ3v) is 2.03. The summed E-state index contributed by atoms with van der Waals surface area (Å²) in [5.41, 5.74) is 0. The largest absolute Gasteiger partial charge is 0.341 e. The third-order valence-electron chi connectivity index (χ3n) is 2.03. The molecule has 1 fully saturated rings. The molecule has 0 N–H and O–H groups in total. The van der Waals surface area contributed by atoms with E-state index in [-0.39, 0.29) is 5.91 Å². The van der Waals surface area contributed by atoms with Gasteiger partial charge in [0.05, 0.1) is 6.07 Å². The van der Waals surface area contributed by atoms with Crippen molar-refractivity contribution in [1.29, 1.82) is 5.26 Å². The molecule has 1 amide bonds. The molecule has 0 spiro atoms. The topological polar surface area (TPSA) is 44.1 Å². The number of likely N-dealkylation sites (tertiary alicyclic amines) is 1. The highest BCUT2D eigenvalue weighted by Gasteiger charge is 2.26. The Morgan fingerprint density at radius 3 is 2.64 bits per heavy atom. The van der Waals surface area contributed by atoms with Crippen molar-refractivity contribution < 1.29 is 4.79 Å². The molecular weight excluding hydrogens is 140 g/mol. The first-order valence-corrected chi connectivity index (χ1v) is 3.98. The van der Waals surface area contributed by atoms with E-state index in [1.807, 2.05) is 13.0 Å². The lowest BCUT2D eigenvalue weighted by Gasteiger charge is -2.32. The summed E-state index contributed by atoms with van der Waals surface area (Å²) >= 11 is 0. The van der Waals surface area contributed by atoms with Gasteiger partial charge >= 0.3 is 0 Å². The van der Waals surface area contributed by atoms with E-state index >= 15 is 0 Å². The Bertz CT molecular complexity index is 191. The summed E-state index contributed by atoms with van der Waals surface area (Å²) in [5.74, 6) is -0.392. The Morgan fingerprint density at radius 1 is 1.73 bits per heavy atom. The minimum atomic E-state index is -0.407. The second-order valence-corrected chi connectivity index (χ2v) is 2.77. The highest BCUT2D eigenvalue weighted by molar-refractivity contribution is 5.81. The van der Waals surface area contributed by atoms with Crippen LogP contribution in [-0.4, -0.2) is 23.9 Å². The van der Waals surface area contributed by atoms with E-state index in [1.165, 1.54) is 0 Å². The number of amides is 1. The SMILES string of the molecule is CCC(C#N)C(=O)N1CCC1. The number of rotatable bonds is 2. The zero-order chi connectivity index (χ0) is 8.27. The van der Waals surface area contributed by atoms with Crippen molar-refractivity contribution in [3.8, 4) is 6.07 Å². The highest BCUT2D eigenvalue weighted by Crippen LogP contribution is 2.12. The molecule has 1 aliphatic heterocycles. The molecule has 0 saturated carbocycles. The third kappa shape index (κ3) is 1.51. The number of nitrogens with zero attached hydrogens (tertiary/aromatic N) is 2. The van der Waals surface area contributed by atoms with Gasteiger partial charge in [-0.3, -0.25) is 4.79 Å². The number of hydrogen-bond donors (Lipinski definition) is 0. The van der Waals surface area contributed by atoms with Crippen molar-refractivity contribution in [2.75, 3.05) is 13.1 Å². The van der Waals surface area contributed by atoms with Crippen LogP contribution in [0, 0.1) is 17.2 Å². The van der Waals surface area contributed by atoms with Crippen LogP contribution >= 0.6 is 0 Å². The first kappa shape index (κ1) is 8.06. The van der Waals surface area contributed by atoms with Gasteiger partial charge in [0.1, 0.15) is 5.92 Å². The monoisotopic (exact) mass is 152 g/mol. The lowest BCUT2D eigenvalue weighted by atomic mass is 10.0.